The lowest BCUT2D eigenvalue weighted by atomic mass is 9.98. The Morgan fingerprint density at radius 2 is 1.58 bits per heavy atom. The normalized spacial score (nSPS) is 16.3. The molecule has 0 bridgehead atoms. The van der Waals surface area contributed by atoms with E-state index >= 15 is 0 Å². The van der Waals surface area contributed by atoms with Gasteiger partial charge in [0.2, 0.25) is 6.79 Å². The third-order valence-corrected chi connectivity index (χ3v) is 12.9. The maximum absolute atomic E-state index is 13.7. The van der Waals surface area contributed by atoms with Crippen LogP contribution in [0.4, 0.5) is 10.6 Å². The second-order valence-electron chi connectivity index (χ2n) is 13.3. The number of anilines is 1. The molecule has 2 N–H and O–H groups in total. The Balaban J connectivity index is 1.34. The third kappa shape index (κ3) is 17.7. The lowest BCUT2D eigenvalue weighted by molar-refractivity contribution is -0.0294. The number of hydrogen-bond acceptors (Lipinski definition) is 12. The first-order valence-corrected chi connectivity index (χ1v) is 23.1. The van der Waals surface area contributed by atoms with E-state index < -0.39 is 26.6 Å². The number of fused-ring (bicyclic) bond motifs is 1. The van der Waals surface area contributed by atoms with Gasteiger partial charge in [0.25, 0.3) is 0 Å². The number of ether oxygens (including phenoxy) is 3. The quantitative estimate of drug-likeness (QED) is 0.0382. The van der Waals surface area contributed by atoms with Crippen LogP contribution in [0.15, 0.2) is 12.7 Å². The summed E-state index contributed by atoms with van der Waals surface area (Å²) in [5, 5.41) is 0. The van der Waals surface area contributed by atoms with E-state index in [0.29, 0.717) is 29.3 Å². The van der Waals surface area contributed by atoms with Crippen LogP contribution in [0, 0.1) is 0 Å². The zero-order valence-electron chi connectivity index (χ0n) is 30.5. The van der Waals surface area contributed by atoms with Gasteiger partial charge in [-0.25, -0.2) is 19.7 Å². The van der Waals surface area contributed by atoms with Crippen LogP contribution >= 0.6 is 7.60 Å². The van der Waals surface area contributed by atoms with Crippen LogP contribution in [0.5, 0.6) is 0 Å². The molecule has 12 nitrogen and oxygen atoms in total. The average molecular weight is 760 g/mol. The van der Waals surface area contributed by atoms with Crippen LogP contribution < -0.4 is 5.73 Å². The topological polar surface area (TPSA) is 150 Å². The third-order valence-electron chi connectivity index (χ3n) is 8.97. The highest BCUT2D eigenvalue weighted by atomic mass is 32.8. The van der Waals surface area contributed by atoms with E-state index in [1.54, 1.807) is 10.9 Å². The van der Waals surface area contributed by atoms with Gasteiger partial charge < -0.3 is 29.0 Å². The molecule has 15 heteroatoms. The molecule has 0 aromatic carbocycles. The van der Waals surface area contributed by atoms with Gasteiger partial charge in [0.05, 0.1) is 25.6 Å². The summed E-state index contributed by atoms with van der Waals surface area (Å²) in [5.74, 6) is 1.82. The van der Waals surface area contributed by atoms with Gasteiger partial charge in [-0.1, -0.05) is 108 Å². The number of hydrogen-bond donors (Lipinski definition) is 1. The Morgan fingerprint density at radius 1 is 0.940 bits per heavy atom. The number of rotatable bonds is 28. The van der Waals surface area contributed by atoms with Crippen molar-refractivity contribution >= 4 is 51.4 Å². The molecule has 2 heterocycles. The van der Waals surface area contributed by atoms with Crippen molar-refractivity contribution < 1.29 is 32.6 Å². The fourth-order valence-electron chi connectivity index (χ4n) is 6.03. The molecule has 50 heavy (non-hydrogen) atoms. The lowest BCUT2D eigenvalue weighted by Gasteiger charge is -2.23. The van der Waals surface area contributed by atoms with Crippen LogP contribution in [-0.2, 0) is 55.0 Å². The fourth-order valence-corrected chi connectivity index (χ4v) is 8.95. The zero-order chi connectivity index (χ0) is 35.9. The number of nitrogens with two attached hydrogens (primary N) is 1. The van der Waals surface area contributed by atoms with E-state index in [2.05, 4.69) is 21.9 Å². The van der Waals surface area contributed by atoms with Gasteiger partial charge in [0.1, 0.15) is 24.3 Å². The molecular weight excluding hydrogens is 698 g/mol. The molecule has 1 aliphatic carbocycles. The molecule has 3 atom stereocenters. The molecule has 0 aliphatic heterocycles. The molecule has 1 fully saturated rings. The summed E-state index contributed by atoms with van der Waals surface area (Å²) in [6.07, 6.45) is 24.6. The summed E-state index contributed by atoms with van der Waals surface area (Å²) >= 11 is 5.71. The van der Waals surface area contributed by atoms with E-state index in [9.17, 15) is 9.36 Å². The van der Waals surface area contributed by atoms with Gasteiger partial charge in [-0.15, -0.1) is 9.45 Å². The van der Waals surface area contributed by atoms with Crippen LogP contribution in [0.2, 0.25) is 0 Å². The van der Waals surface area contributed by atoms with Crippen molar-refractivity contribution in [2.75, 3.05) is 37.0 Å². The van der Waals surface area contributed by atoms with E-state index in [1.807, 2.05) is 6.92 Å². The smallest absolute Gasteiger partial charge is 0.431 e. The van der Waals surface area contributed by atoms with Crippen LogP contribution in [0.3, 0.4) is 0 Å². The van der Waals surface area contributed by atoms with Gasteiger partial charge >= 0.3 is 13.8 Å². The number of nitrogens with zero attached hydrogens (tertiary/aromatic N) is 4. The predicted octanol–water partition coefficient (Wildman–Crippen LogP) is 9.00. The van der Waals surface area contributed by atoms with Gasteiger partial charge in [-0.3, -0.25) is 9.09 Å². The number of carbonyl (C=O) groups is 1. The molecule has 2 aromatic rings. The summed E-state index contributed by atoms with van der Waals surface area (Å²) in [7, 11) is -4.09. The van der Waals surface area contributed by atoms with Gasteiger partial charge in [-0.05, 0) is 44.8 Å². The first-order chi connectivity index (χ1) is 24.3. The number of imidazole rings is 1. The zero-order valence-corrected chi connectivity index (χ0v) is 33.0. The highest BCUT2D eigenvalue weighted by Gasteiger charge is 2.28. The summed E-state index contributed by atoms with van der Waals surface area (Å²) in [4.78, 5) is 24.7. The molecule has 1 unspecified atom stereocenters. The van der Waals surface area contributed by atoms with E-state index in [1.165, 1.54) is 89.8 Å². The number of aromatic nitrogens is 4. The summed E-state index contributed by atoms with van der Waals surface area (Å²) in [6, 6.07) is 0. The first kappa shape index (κ1) is 42.7. The average Bonchev–Trinajstić information content (AvgIpc) is 3.51. The van der Waals surface area contributed by atoms with E-state index in [0.717, 1.165) is 44.3 Å². The Kier molecular flexibility index (Phi) is 21.6. The minimum absolute atomic E-state index is 0.159. The molecule has 0 spiro atoms. The minimum atomic E-state index is -3.80. The first-order valence-electron chi connectivity index (χ1n) is 18.9. The van der Waals surface area contributed by atoms with Crippen molar-refractivity contribution in [1.29, 1.82) is 0 Å². The number of nitrogen functional groups attached to an aromatic ring is 1. The van der Waals surface area contributed by atoms with Crippen molar-refractivity contribution in [2.45, 2.75) is 155 Å². The van der Waals surface area contributed by atoms with Crippen molar-refractivity contribution in [1.82, 2.24) is 19.5 Å². The second-order valence-corrected chi connectivity index (χ2v) is 18.4. The highest BCUT2D eigenvalue weighted by Crippen LogP contribution is 2.48. The van der Waals surface area contributed by atoms with Gasteiger partial charge in [-0.2, -0.15) is 0 Å². The van der Waals surface area contributed by atoms with Crippen molar-refractivity contribution in [3.63, 3.8) is 0 Å². The Labute approximate surface area is 306 Å². The second kappa shape index (κ2) is 25.3. The summed E-state index contributed by atoms with van der Waals surface area (Å²) in [6.45, 7) is 4.06. The van der Waals surface area contributed by atoms with Crippen LogP contribution in [-0.4, -0.2) is 69.1 Å². The van der Waals surface area contributed by atoms with E-state index in [-0.39, 0.29) is 28.5 Å². The van der Waals surface area contributed by atoms with Crippen molar-refractivity contribution in [3.05, 3.63) is 12.7 Å². The maximum atomic E-state index is 13.7. The Morgan fingerprint density at radius 3 is 2.24 bits per heavy atom. The molecular formula is C35H62N5O7PS2. The number of unbranched alkanes of at least 4 members (excludes halogenated alkanes) is 13. The Bertz CT molecular complexity index is 1300. The van der Waals surface area contributed by atoms with Gasteiger partial charge in [0.15, 0.2) is 11.5 Å². The molecule has 3 rings (SSSR count). The molecule has 0 saturated heterocycles. The SMILES string of the molecule is CCCCCCCCCCCCCCCCS(=S)CCO[P@](=O)(CO[C@H](C)Cn1cnc2c(N)ncnc21)OCOC(=O)OC1CCCCC1. The van der Waals surface area contributed by atoms with Crippen LogP contribution in [0.1, 0.15) is 136 Å². The van der Waals surface area contributed by atoms with Crippen molar-refractivity contribution in [2.24, 2.45) is 0 Å². The van der Waals surface area contributed by atoms with Crippen LogP contribution in [0.25, 0.3) is 11.2 Å². The minimum Gasteiger partial charge on any atom is -0.431 e. The van der Waals surface area contributed by atoms with E-state index in [4.69, 9.17) is 40.2 Å². The molecule has 1 aliphatic rings. The summed E-state index contributed by atoms with van der Waals surface area (Å²) in [5.41, 5.74) is 6.98. The van der Waals surface area contributed by atoms with Crippen molar-refractivity contribution in [3.8, 4) is 0 Å². The molecule has 0 amide bonds. The Hall–Kier alpha value is -1.70. The fraction of sp³-hybridized carbons (Fsp3) is 0.829. The largest absolute Gasteiger partial charge is 0.510 e. The lowest BCUT2D eigenvalue weighted by Crippen LogP contribution is -2.22. The maximum Gasteiger partial charge on any atom is 0.510 e. The molecule has 2 aromatic heterocycles. The van der Waals surface area contributed by atoms with Gasteiger partial charge in [0, 0.05) is 5.75 Å². The molecule has 0 radical (unpaired) electrons. The molecule has 286 valence electrons. The number of carbonyl (C=O) groups excluding carboxylic acids is 1. The highest BCUT2D eigenvalue weighted by molar-refractivity contribution is 8.28. The standard InChI is InChI=1S/C35H62N5O7PS2/c1-3-4-5-6-7-8-9-10-11-12-13-14-15-19-23-50(49)24-22-45-48(42,46-28-43-35(41)47-31-20-17-16-18-21-31)29-44-30(2)25-40-27-39-32-33(36)37-26-38-34(32)40/h26-27,30-31H,3-25,28-29H2,1-2H3,(H2,36,37,38)/t30-,48-,50?/m1/s1. The monoisotopic (exact) mass is 759 g/mol. The predicted molar refractivity (Wildman–Crippen MR) is 204 cm³/mol. The molecule has 1 saturated carbocycles. The summed E-state index contributed by atoms with van der Waals surface area (Å²) < 4.78 is 43.2.